The molecule has 7 heteroatoms. The number of hydrogen-bond acceptors (Lipinski definition) is 5. The molecular formula is C23H31N3O4. The maximum atomic E-state index is 12.6. The van der Waals surface area contributed by atoms with Crippen molar-refractivity contribution in [1.29, 1.82) is 0 Å². The molecule has 1 saturated heterocycles. The van der Waals surface area contributed by atoms with Crippen molar-refractivity contribution >= 4 is 5.91 Å². The van der Waals surface area contributed by atoms with E-state index in [2.05, 4.69) is 18.9 Å². The van der Waals surface area contributed by atoms with Crippen LogP contribution in [0.4, 0.5) is 0 Å². The molecule has 0 spiro atoms. The number of rotatable bonds is 7. The van der Waals surface area contributed by atoms with Crippen LogP contribution in [0.1, 0.15) is 33.1 Å². The second-order valence-electron chi connectivity index (χ2n) is 8.20. The second-order valence-corrected chi connectivity index (χ2v) is 8.20. The normalized spacial score (nSPS) is 18.9. The van der Waals surface area contributed by atoms with Crippen molar-refractivity contribution in [2.45, 2.75) is 39.7 Å². The first-order chi connectivity index (χ1) is 14.4. The van der Waals surface area contributed by atoms with Gasteiger partial charge in [0.15, 0.2) is 5.75 Å². The summed E-state index contributed by atoms with van der Waals surface area (Å²) >= 11 is 0. The van der Waals surface area contributed by atoms with E-state index in [0.717, 1.165) is 24.4 Å². The summed E-state index contributed by atoms with van der Waals surface area (Å²) in [5, 5.41) is 4.52. The van der Waals surface area contributed by atoms with Gasteiger partial charge in [-0.15, -0.1) is 0 Å². The Morgan fingerprint density at radius 3 is 2.37 bits per heavy atom. The quantitative estimate of drug-likeness (QED) is 0.697. The molecule has 2 atom stereocenters. The highest BCUT2D eigenvalue weighted by Gasteiger charge is 2.25. The topological polar surface area (TPSA) is 73.7 Å². The van der Waals surface area contributed by atoms with Gasteiger partial charge in [0.05, 0.1) is 14.2 Å². The molecule has 0 bridgehead atoms. The smallest absolute Gasteiger partial charge is 0.270 e. The van der Waals surface area contributed by atoms with Gasteiger partial charge in [0.1, 0.15) is 11.4 Å². The van der Waals surface area contributed by atoms with Crippen molar-refractivity contribution in [2.75, 3.05) is 27.3 Å². The molecule has 7 nitrogen and oxygen atoms in total. The number of ether oxygens (including phenoxy) is 2. The number of nitrogens with zero attached hydrogens (tertiary/aromatic N) is 3. The standard InChI is InChI=1S/C23H31N3O4/c1-16-12-17(2)15-25(14-16)21(27)6-5-11-26-22(28)13-20(30-4)23(24-26)18-7-9-19(29-3)10-8-18/h7-10,13,16-17H,5-6,11-12,14-15H2,1-4H3/t16-,17-/m1/s1. The van der Waals surface area contributed by atoms with E-state index >= 15 is 0 Å². The van der Waals surface area contributed by atoms with Crippen LogP contribution in [-0.2, 0) is 11.3 Å². The Morgan fingerprint density at radius 2 is 1.77 bits per heavy atom. The molecule has 1 fully saturated rings. The number of hydrogen-bond donors (Lipinski definition) is 0. The van der Waals surface area contributed by atoms with Crippen molar-refractivity contribution in [1.82, 2.24) is 14.7 Å². The molecule has 0 saturated carbocycles. The van der Waals surface area contributed by atoms with Crippen LogP contribution < -0.4 is 15.0 Å². The van der Waals surface area contributed by atoms with Gasteiger partial charge in [0.25, 0.3) is 5.56 Å². The maximum absolute atomic E-state index is 12.6. The summed E-state index contributed by atoms with van der Waals surface area (Å²) in [6.45, 7) is 6.42. The van der Waals surface area contributed by atoms with Crippen LogP contribution in [0.2, 0.25) is 0 Å². The van der Waals surface area contributed by atoms with E-state index in [1.165, 1.54) is 24.3 Å². The molecule has 1 aromatic heterocycles. The highest BCUT2D eigenvalue weighted by molar-refractivity contribution is 5.76. The van der Waals surface area contributed by atoms with Crippen molar-refractivity contribution in [3.63, 3.8) is 0 Å². The molecule has 0 N–H and O–H groups in total. The molecule has 0 radical (unpaired) electrons. The molecular weight excluding hydrogens is 382 g/mol. The van der Waals surface area contributed by atoms with Crippen molar-refractivity contribution < 1.29 is 14.3 Å². The van der Waals surface area contributed by atoms with Gasteiger partial charge < -0.3 is 14.4 Å². The molecule has 3 rings (SSSR count). The zero-order valence-electron chi connectivity index (χ0n) is 18.3. The van der Waals surface area contributed by atoms with Crippen LogP contribution in [0.5, 0.6) is 11.5 Å². The van der Waals surface area contributed by atoms with Gasteiger partial charge in [-0.05, 0) is 48.9 Å². The number of carbonyl (C=O) groups is 1. The number of aryl methyl sites for hydroxylation is 1. The van der Waals surface area contributed by atoms with E-state index in [4.69, 9.17) is 9.47 Å². The predicted octanol–water partition coefficient (Wildman–Crippen LogP) is 3.21. The summed E-state index contributed by atoms with van der Waals surface area (Å²) in [6.07, 6.45) is 2.15. The molecule has 1 aromatic carbocycles. The third kappa shape index (κ3) is 5.20. The lowest BCUT2D eigenvalue weighted by Crippen LogP contribution is -2.42. The minimum atomic E-state index is -0.239. The molecule has 0 unspecified atom stereocenters. The maximum Gasteiger partial charge on any atom is 0.270 e. The largest absolute Gasteiger partial charge is 0.497 e. The molecule has 162 valence electrons. The Hall–Kier alpha value is -2.83. The van der Waals surface area contributed by atoms with Crippen molar-refractivity contribution in [2.24, 2.45) is 11.8 Å². The lowest BCUT2D eigenvalue weighted by Gasteiger charge is -2.35. The number of amides is 1. The van der Waals surface area contributed by atoms with E-state index in [1.807, 2.05) is 29.2 Å². The predicted molar refractivity (Wildman–Crippen MR) is 116 cm³/mol. The van der Waals surface area contributed by atoms with Gasteiger partial charge in [-0.2, -0.15) is 5.10 Å². The van der Waals surface area contributed by atoms with Crippen molar-refractivity contribution in [3.8, 4) is 22.8 Å². The van der Waals surface area contributed by atoms with E-state index in [-0.39, 0.29) is 11.5 Å². The third-order valence-corrected chi connectivity index (χ3v) is 5.53. The summed E-state index contributed by atoms with van der Waals surface area (Å²) in [5.41, 5.74) is 1.18. The van der Waals surface area contributed by atoms with E-state index in [9.17, 15) is 9.59 Å². The number of piperidine rings is 1. The fourth-order valence-electron chi connectivity index (χ4n) is 4.14. The number of benzene rings is 1. The fraction of sp³-hybridized carbons (Fsp3) is 0.522. The molecule has 2 aromatic rings. The molecule has 1 amide bonds. The molecule has 2 heterocycles. The average molecular weight is 414 g/mol. The number of carbonyl (C=O) groups excluding carboxylic acids is 1. The van der Waals surface area contributed by atoms with Gasteiger partial charge in [-0.25, -0.2) is 4.68 Å². The summed E-state index contributed by atoms with van der Waals surface area (Å²) in [5.74, 6) is 2.40. The van der Waals surface area contributed by atoms with Gasteiger partial charge in [-0.1, -0.05) is 13.8 Å². The summed E-state index contributed by atoms with van der Waals surface area (Å²) < 4.78 is 12.0. The van der Waals surface area contributed by atoms with Crippen LogP contribution in [0.3, 0.4) is 0 Å². The van der Waals surface area contributed by atoms with Gasteiger partial charge in [-0.3, -0.25) is 9.59 Å². The Balaban J connectivity index is 1.70. The zero-order chi connectivity index (χ0) is 21.7. The fourth-order valence-corrected chi connectivity index (χ4v) is 4.14. The van der Waals surface area contributed by atoms with Crippen LogP contribution in [0.25, 0.3) is 11.3 Å². The van der Waals surface area contributed by atoms with Crippen molar-refractivity contribution in [3.05, 3.63) is 40.7 Å². The highest BCUT2D eigenvalue weighted by atomic mass is 16.5. The van der Waals surface area contributed by atoms with E-state index < -0.39 is 0 Å². The van der Waals surface area contributed by atoms with E-state index in [0.29, 0.717) is 42.7 Å². The second kappa shape index (κ2) is 9.78. The minimum absolute atomic E-state index is 0.158. The van der Waals surface area contributed by atoms with E-state index in [1.54, 1.807) is 7.11 Å². The summed E-state index contributed by atoms with van der Waals surface area (Å²) in [7, 11) is 3.13. The average Bonchev–Trinajstić information content (AvgIpc) is 2.73. The molecule has 0 aliphatic carbocycles. The SMILES string of the molecule is COc1ccc(-c2nn(CCCC(=O)N3C[C@H](C)C[C@@H](C)C3)c(=O)cc2OC)cc1. The number of methoxy groups -OCH3 is 2. The highest BCUT2D eigenvalue weighted by Crippen LogP contribution is 2.27. The van der Waals surface area contributed by atoms with Crippen LogP contribution >= 0.6 is 0 Å². The first-order valence-electron chi connectivity index (χ1n) is 10.5. The van der Waals surface area contributed by atoms with Gasteiger partial charge >= 0.3 is 0 Å². The van der Waals surface area contributed by atoms with Crippen LogP contribution in [-0.4, -0.2) is 47.9 Å². The third-order valence-electron chi connectivity index (χ3n) is 5.53. The molecule has 30 heavy (non-hydrogen) atoms. The zero-order valence-corrected chi connectivity index (χ0v) is 18.3. The van der Waals surface area contributed by atoms with Gasteiger partial charge in [0.2, 0.25) is 5.91 Å². The summed E-state index contributed by atoms with van der Waals surface area (Å²) in [6, 6.07) is 8.88. The van der Waals surface area contributed by atoms with Crippen LogP contribution in [0.15, 0.2) is 35.1 Å². The summed E-state index contributed by atoms with van der Waals surface area (Å²) in [4.78, 5) is 27.0. The Kier molecular flexibility index (Phi) is 7.13. The number of likely N-dealkylation sites (tertiary alicyclic amines) is 1. The first-order valence-corrected chi connectivity index (χ1v) is 10.5. The lowest BCUT2D eigenvalue weighted by molar-refractivity contribution is -0.134. The first kappa shape index (κ1) is 21.9. The Labute approximate surface area is 177 Å². The molecule has 1 aliphatic rings. The number of aromatic nitrogens is 2. The molecule has 1 aliphatic heterocycles. The lowest BCUT2D eigenvalue weighted by atomic mass is 9.91. The van der Waals surface area contributed by atoms with Gasteiger partial charge in [0, 0.05) is 37.7 Å². The van der Waals surface area contributed by atoms with Crippen LogP contribution in [0, 0.1) is 11.8 Å². The minimum Gasteiger partial charge on any atom is -0.497 e. The Morgan fingerprint density at radius 1 is 1.10 bits per heavy atom. The Bertz CT molecular complexity index is 913. The monoisotopic (exact) mass is 413 g/mol.